The fourth-order valence-corrected chi connectivity index (χ4v) is 4.64. The van der Waals surface area contributed by atoms with Crippen LogP contribution in [0, 0.1) is 5.92 Å². The van der Waals surface area contributed by atoms with Crippen molar-refractivity contribution in [3.8, 4) is 0 Å². The Kier molecular flexibility index (Phi) is 3.46. The van der Waals surface area contributed by atoms with Gasteiger partial charge in [-0.2, -0.15) is 0 Å². The molecule has 0 fully saturated rings. The highest BCUT2D eigenvalue weighted by Crippen LogP contribution is 2.50. The molecule has 0 unspecified atom stereocenters. The van der Waals surface area contributed by atoms with Crippen molar-refractivity contribution in [3.63, 3.8) is 0 Å². The Labute approximate surface area is 153 Å². The predicted molar refractivity (Wildman–Crippen MR) is 107 cm³/mol. The van der Waals surface area contributed by atoms with Gasteiger partial charge in [-0.1, -0.05) is 54.6 Å². The van der Waals surface area contributed by atoms with Gasteiger partial charge in [0.15, 0.2) is 5.78 Å². The lowest BCUT2D eigenvalue weighted by Gasteiger charge is -2.38. The average Bonchev–Trinajstić information content (AvgIpc) is 3.16. The third-order valence-corrected chi connectivity index (χ3v) is 5.93. The quantitative estimate of drug-likeness (QED) is 0.467. The topological polar surface area (TPSA) is 29.1 Å². The molecule has 0 amide bonds. The molecule has 5 rings (SSSR count). The minimum atomic E-state index is 0.127. The molecule has 0 bridgehead atoms. The van der Waals surface area contributed by atoms with E-state index in [1.54, 1.807) is 6.92 Å². The van der Waals surface area contributed by atoms with E-state index in [2.05, 4.69) is 72.1 Å². The van der Waals surface area contributed by atoms with Gasteiger partial charge in [0.05, 0.1) is 6.04 Å². The highest BCUT2D eigenvalue weighted by molar-refractivity contribution is 5.95. The Hall–Kier alpha value is -2.87. The summed E-state index contributed by atoms with van der Waals surface area (Å²) >= 11 is 0. The zero-order valence-corrected chi connectivity index (χ0v) is 14.8. The number of benzene rings is 3. The van der Waals surface area contributed by atoms with E-state index in [9.17, 15) is 4.79 Å². The summed E-state index contributed by atoms with van der Waals surface area (Å²) in [5.41, 5.74) is 4.57. The van der Waals surface area contributed by atoms with Crippen LogP contribution in [0.25, 0.3) is 10.8 Å². The normalized spacial score (nSPS) is 23.3. The number of allylic oxidation sites excluding steroid dienone is 2. The lowest BCUT2D eigenvalue weighted by Crippen LogP contribution is -2.29. The molecule has 1 aliphatic carbocycles. The van der Waals surface area contributed by atoms with E-state index in [4.69, 9.17) is 0 Å². The fraction of sp³-hybridized carbons (Fsp3) is 0.208. The van der Waals surface area contributed by atoms with Crippen LogP contribution in [0.4, 0.5) is 5.69 Å². The van der Waals surface area contributed by atoms with E-state index in [1.165, 1.54) is 21.9 Å². The van der Waals surface area contributed by atoms with E-state index < -0.39 is 0 Å². The summed E-state index contributed by atoms with van der Waals surface area (Å²) < 4.78 is 0. The Morgan fingerprint density at radius 1 is 1.00 bits per heavy atom. The second-order valence-electron chi connectivity index (χ2n) is 7.40. The minimum Gasteiger partial charge on any atom is -0.378 e. The van der Waals surface area contributed by atoms with Crippen molar-refractivity contribution >= 4 is 22.2 Å². The predicted octanol–water partition coefficient (Wildman–Crippen LogP) is 5.87. The van der Waals surface area contributed by atoms with Gasteiger partial charge < -0.3 is 5.32 Å². The molecule has 3 atom stereocenters. The second kappa shape index (κ2) is 5.84. The van der Waals surface area contributed by atoms with E-state index in [1.807, 2.05) is 6.07 Å². The van der Waals surface area contributed by atoms with Crippen LogP contribution in [0.2, 0.25) is 0 Å². The maximum atomic E-state index is 11.8. The maximum absolute atomic E-state index is 11.8. The third-order valence-electron chi connectivity index (χ3n) is 5.93. The molecule has 0 aromatic heterocycles. The number of nitrogens with one attached hydrogen (secondary N) is 1. The number of Topliss-reactive ketones (excluding diaryl/α,β-unsaturated/α-hetero) is 1. The summed E-state index contributed by atoms with van der Waals surface area (Å²) in [4.78, 5) is 11.8. The van der Waals surface area contributed by atoms with Crippen LogP contribution in [0.5, 0.6) is 0 Å². The molecule has 0 radical (unpaired) electrons. The van der Waals surface area contributed by atoms with Gasteiger partial charge in [0.25, 0.3) is 0 Å². The summed E-state index contributed by atoms with van der Waals surface area (Å²) in [5, 5.41) is 6.40. The summed E-state index contributed by atoms with van der Waals surface area (Å²) in [6, 6.07) is 21.6. The largest absolute Gasteiger partial charge is 0.378 e. The Morgan fingerprint density at radius 2 is 1.85 bits per heavy atom. The summed E-state index contributed by atoms with van der Waals surface area (Å²) in [7, 11) is 0. The van der Waals surface area contributed by atoms with Crippen molar-refractivity contribution in [1.82, 2.24) is 0 Å². The number of carbonyl (C=O) groups is 1. The molecule has 1 aliphatic heterocycles. The Balaban J connectivity index is 1.65. The molecule has 1 heterocycles. The number of rotatable bonds is 2. The molecular weight excluding hydrogens is 318 g/mol. The molecular formula is C24H21NO. The summed E-state index contributed by atoms with van der Waals surface area (Å²) in [6.07, 6.45) is 5.69. The molecule has 3 aromatic rings. The molecule has 1 N–H and O–H groups in total. The van der Waals surface area contributed by atoms with Crippen LogP contribution in [-0.4, -0.2) is 5.78 Å². The van der Waals surface area contributed by atoms with Crippen LogP contribution in [-0.2, 0) is 0 Å². The van der Waals surface area contributed by atoms with E-state index in [0.717, 1.165) is 17.7 Å². The minimum absolute atomic E-state index is 0.127. The molecule has 2 aliphatic rings. The smallest absolute Gasteiger partial charge is 0.159 e. The number of ketones is 1. The van der Waals surface area contributed by atoms with Crippen molar-refractivity contribution in [2.75, 3.05) is 5.32 Å². The first kappa shape index (κ1) is 15.4. The number of carbonyl (C=O) groups excluding carboxylic acids is 1. The molecule has 3 aromatic carbocycles. The first-order valence-corrected chi connectivity index (χ1v) is 9.28. The third kappa shape index (κ3) is 2.29. The fourth-order valence-electron chi connectivity index (χ4n) is 4.64. The van der Waals surface area contributed by atoms with E-state index in [-0.39, 0.29) is 11.8 Å². The lowest BCUT2D eigenvalue weighted by atomic mass is 9.75. The van der Waals surface area contributed by atoms with Gasteiger partial charge in [-0.15, -0.1) is 0 Å². The molecule has 128 valence electrons. The molecule has 0 saturated carbocycles. The van der Waals surface area contributed by atoms with Gasteiger partial charge in [0, 0.05) is 17.2 Å². The first-order valence-electron chi connectivity index (χ1n) is 9.28. The molecule has 2 heteroatoms. The zero-order valence-electron chi connectivity index (χ0n) is 14.8. The van der Waals surface area contributed by atoms with Gasteiger partial charge in [0.2, 0.25) is 0 Å². The van der Waals surface area contributed by atoms with Crippen LogP contribution < -0.4 is 5.32 Å². The van der Waals surface area contributed by atoms with Crippen molar-refractivity contribution in [1.29, 1.82) is 0 Å². The van der Waals surface area contributed by atoms with Crippen molar-refractivity contribution < 1.29 is 4.79 Å². The Morgan fingerprint density at radius 3 is 2.73 bits per heavy atom. The van der Waals surface area contributed by atoms with Crippen LogP contribution in [0.15, 0.2) is 72.8 Å². The monoisotopic (exact) mass is 339 g/mol. The number of anilines is 1. The van der Waals surface area contributed by atoms with Crippen LogP contribution in [0.1, 0.15) is 46.8 Å². The first-order chi connectivity index (χ1) is 12.7. The highest BCUT2D eigenvalue weighted by atomic mass is 16.1. The molecule has 0 spiro atoms. The van der Waals surface area contributed by atoms with Gasteiger partial charge in [-0.3, -0.25) is 4.79 Å². The number of hydrogen-bond donors (Lipinski definition) is 1. The molecule has 26 heavy (non-hydrogen) atoms. The number of hydrogen-bond acceptors (Lipinski definition) is 2. The van der Waals surface area contributed by atoms with E-state index in [0.29, 0.717) is 11.8 Å². The highest BCUT2D eigenvalue weighted by Gasteiger charge is 2.38. The summed E-state index contributed by atoms with van der Waals surface area (Å²) in [6.45, 7) is 1.64. The average molecular weight is 339 g/mol. The SMILES string of the molecule is CC(=O)c1ccc2c(c1)[C@H]1C=CC[C@H]1[C@@H](c1cccc3ccccc13)N2. The maximum Gasteiger partial charge on any atom is 0.159 e. The molecule has 2 nitrogen and oxygen atoms in total. The van der Waals surface area contributed by atoms with E-state index >= 15 is 0 Å². The van der Waals surface area contributed by atoms with Gasteiger partial charge in [0.1, 0.15) is 0 Å². The van der Waals surface area contributed by atoms with Crippen molar-refractivity contribution in [3.05, 3.63) is 89.5 Å². The van der Waals surface area contributed by atoms with Gasteiger partial charge in [-0.05, 0) is 59.4 Å². The van der Waals surface area contributed by atoms with Crippen molar-refractivity contribution in [2.24, 2.45) is 5.92 Å². The molecule has 0 saturated heterocycles. The van der Waals surface area contributed by atoms with Gasteiger partial charge >= 0.3 is 0 Å². The Bertz CT molecular complexity index is 1040. The number of fused-ring (bicyclic) bond motifs is 4. The second-order valence-corrected chi connectivity index (χ2v) is 7.40. The zero-order chi connectivity index (χ0) is 17.7. The van der Waals surface area contributed by atoms with Gasteiger partial charge in [-0.25, -0.2) is 0 Å². The van der Waals surface area contributed by atoms with Crippen LogP contribution in [0.3, 0.4) is 0 Å². The van der Waals surface area contributed by atoms with Crippen LogP contribution >= 0.6 is 0 Å². The lowest BCUT2D eigenvalue weighted by molar-refractivity contribution is 0.101. The standard InChI is InChI=1S/C24H21NO/c1-15(26)17-12-13-23-22(14-17)19-9-5-11-21(19)24(25-23)20-10-4-7-16-6-2-3-8-18(16)20/h2-10,12-14,19,21,24-25H,11H2,1H3/t19-,21+,24+/m0/s1. The summed E-state index contributed by atoms with van der Waals surface area (Å²) in [5.74, 6) is 0.979. The van der Waals surface area contributed by atoms with Crippen molar-refractivity contribution in [2.45, 2.75) is 25.3 Å².